The number of amides is 5. The number of piperidine rings is 1. The normalized spacial score (nSPS) is 15.7. The maximum Gasteiger partial charge on any atom is 0.274 e. The summed E-state index contributed by atoms with van der Waals surface area (Å²) in [5, 5.41) is 22.8. The van der Waals surface area contributed by atoms with Crippen LogP contribution in [0.1, 0.15) is 60.7 Å². The zero-order valence-electron chi connectivity index (χ0n) is 26.9. The molecule has 16 heteroatoms. The minimum atomic E-state index is -1.03. The SMILES string of the molecule is O=C1CCC(N2C(=O)c3cccc(NCCOCCn4cc(CN(Cc5ccc(C(=O)NO)cc5)Cc5cccnc5)nn4)c3C2=O)C(=O)N1. The van der Waals surface area contributed by atoms with E-state index in [0.717, 1.165) is 21.7 Å². The van der Waals surface area contributed by atoms with Crippen LogP contribution in [0.5, 0.6) is 0 Å². The molecule has 2 aromatic heterocycles. The number of hydrogen-bond donors (Lipinski definition) is 4. The van der Waals surface area contributed by atoms with Crippen LogP contribution in [0.4, 0.5) is 5.69 Å². The van der Waals surface area contributed by atoms with Gasteiger partial charge in [-0.2, -0.15) is 0 Å². The van der Waals surface area contributed by atoms with Crippen molar-refractivity contribution in [2.24, 2.45) is 0 Å². The van der Waals surface area contributed by atoms with Gasteiger partial charge in [0.15, 0.2) is 0 Å². The zero-order valence-corrected chi connectivity index (χ0v) is 26.9. The lowest BCUT2D eigenvalue weighted by Crippen LogP contribution is -2.54. The van der Waals surface area contributed by atoms with E-state index in [-0.39, 0.29) is 24.0 Å². The average Bonchev–Trinajstić information content (AvgIpc) is 3.67. The second-order valence-electron chi connectivity index (χ2n) is 11.8. The highest BCUT2D eigenvalue weighted by atomic mass is 16.5. The van der Waals surface area contributed by atoms with Crippen molar-refractivity contribution < 1.29 is 33.9 Å². The molecule has 2 aliphatic rings. The van der Waals surface area contributed by atoms with Crippen molar-refractivity contribution in [2.75, 3.05) is 25.1 Å². The first kappa shape index (κ1) is 34.0. The summed E-state index contributed by atoms with van der Waals surface area (Å²) in [4.78, 5) is 69.3. The molecule has 0 aliphatic carbocycles. The summed E-state index contributed by atoms with van der Waals surface area (Å²) in [6.07, 6.45) is 5.53. The average molecular weight is 682 g/mol. The van der Waals surface area contributed by atoms with Crippen molar-refractivity contribution in [3.05, 3.63) is 107 Å². The number of nitrogens with one attached hydrogen (secondary N) is 3. The molecular formula is C34H35N9O7. The first-order valence-corrected chi connectivity index (χ1v) is 16.0. The van der Waals surface area contributed by atoms with Crippen LogP contribution in [0.3, 0.4) is 0 Å². The zero-order chi connectivity index (χ0) is 35.0. The molecular weight excluding hydrogens is 646 g/mol. The monoisotopic (exact) mass is 681 g/mol. The number of anilines is 1. The molecule has 16 nitrogen and oxygen atoms in total. The second-order valence-corrected chi connectivity index (χ2v) is 11.8. The molecule has 1 saturated heterocycles. The Morgan fingerprint density at radius 1 is 0.980 bits per heavy atom. The number of nitrogens with zero attached hydrogens (tertiary/aromatic N) is 6. The molecule has 1 atom stereocenters. The van der Waals surface area contributed by atoms with Crippen molar-refractivity contribution in [3.63, 3.8) is 0 Å². The predicted octanol–water partition coefficient (Wildman–Crippen LogP) is 1.52. The van der Waals surface area contributed by atoms with Crippen LogP contribution in [0.2, 0.25) is 0 Å². The molecule has 0 bridgehead atoms. The van der Waals surface area contributed by atoms with Crippen molar-refractivity contribution in [2.45, 2.75) is 45.1 Å². The fourth-order valence-corrected chi connectivity index (χ4v) is 5.93. The first-order valence-electron chi connectivity index (χ1n) is 16.0. The molecule has 1 unspecified atom stereocenters. The summed E-state index contributed by atoms with van der Waals surface area (Å²) in [6, 6.07) is 14.7. The van der Waals surface area contributed by atoms with E-state index in [9.17, 15) is 24.0 Å². The Kier molecular flexibility index (Phi) is 10.6. The number of fused-ring (bicyclic) bond motifs is 1. The Morgan fingerprint density at radius 3 is 2.56 bits per heavy atom. The molecule has 4 heterocycles. The van der Waals surface area contributed by atoms with Crippen LogP contribution in [-0.4, -0.2) is 90.3 Å². The van der Waals surface area contributed by atoms with E-state index in [0.29, 0.717) is 57.2 Å². The van der Waals surface area contributed by atoms with Gasteiger partial charge in [0, 0.05) is 62.4 Å². The minimum absolute atomic E-state index is 0.0538. The smallest absolute Gasteiger partial charge is 0.274 e. The van der Waals surface area contributed by atoms with Gasteiger partial charge >= 0.3 is 0 Å². The largest absolute Gasteiger partial charge is 0.382 e. The van der Waals surface area contributed by atoms with Crippen LogP contribution in [-0.2, 0) is 40.5 Å². The lowest BCUT2D eigenvalue weighted by atomic mass is 10.0. The third kappa shape index (κ3) is 7.89. The highest BCUT2D eigenvalue weighted by Crippen LogP contribution is 2.32. The lowest BCUT2D eigenvalue weighted by Gasteiger charge is -2.27. The highest BCUT2D eigenvalue weighted by molar-refractivity contribution is 6.25. The molecule has 50 heavy (non-hydrogen) atoms. The molecule has 5 amide bonds. The number of carbonyl (C=O) groups is 5. The van der Waals surface area contributed by atoms with E-state index < -0.39 is 35.6 Å². The number of benzene rings is 2. The van der Waals surface area contributed by atoms with Gasteiger partial charge in [-0.3, -0.25) is 49.3 Å². The number of hydroxylamine groups is 1. The number of imide groups is 2. The number of pyridine rings is 1. The van der Waals surface area contributed by atoms with Crippen molar-refractivity contribution in [1.29, 1.82) is 0 Å². The standard InChI is InChI=1S/C34H35N9O7/c44-29-11-10-28(32(46)37-29)43-33(47)26-4-1-5-27(30(26)34(43)48)36-13-15-50-16-14-42-21-25(38-40-42)20-41(19-23-3-2-12-35-17-23)18-22-6-8-24(9-7-22)31(45)39-49/h1-9,12,17,21,28,36,49H,10-11,13-16,18-20H2,(H,39,45)(H,37,44,46). The molecule has 1 fully saturated rings. The Morgan fingerprint density at radius 2 is 1.80 bits per heavy atom. The van der Waals surface area contributed by atoms with Gasteiger partial charge < -0.3 is 10.1 Å². The highest BCUT2D eigenvalue weighted by Gasteiger charge is 2.45. The van der Waals surface area contributed by atoms with Gasteiger partial charge in [-0.25, -0.2) is 10.2 Å². The minimum Gasteiger partial charge on any atom is -0.382 e. The van der Waals surface area contributed by atoms with Crippen LogP contribution in [0.25, 0.3) is 0 Å². The number of aromatic nitrogens is 4. The van der Waals surface area contributed by atoms with E-state index >= 15 is 0 Å². The van der Waals surface area contributed by atoms with E-state index in [1.165, 1.54) is 0 Å². The van der Waals surface area contributed by atoms with Gasteiger partial charge in [-0.05, 0) is 47.9 Å². The van der Waals surface area contributed by atoms with Gasteiger partial charge in [-0.1, -0.05) is 29.5 Å². The van der Waals surface area contributed by atoms with E-state index in [4.69, 9.17) is 9.94 Å². The Hall–Kier alpha value is -5.84. The van der Waals surface area contributed by atoms with E-state index in [1.807, 2.05) is 36.7 Å². The van der Waals surface area contributed by atoms with Crippen LogP contribution in [0, 0.1) is 0 Å². The third-order valence-corrected chi connectivity index (χ3v) is 8.32. The van der Waals surface area contributed by atoms with Gasteiger partial charge in [0.05, 0.1) is 36.6 Å². The van der Waals surface area contributed by atoms with Gasteiger partial charge in [-0.15, -0.1) is 5.10 Å². The summed E-state index contributed by atoms with van der Waals surface area (Å²) in [5.74, 6) is -2.79. The molecule has 0 saturated carbocycles. The molecule has 6 rings (SSSR count). The summed E-state index contributed by atoms with van der Waals surface area (Å²) in [7, 11) is 0. The Bertz CT molecular complexity index is 1880. The van der Waals surface area contributed by atoms with Crippen LogP contribution < -0.4 is 16.1 Å². The van der Waals surface area contributed by atoms with Gasteiger partial charge in [0.25, 0.3) is 17.7 Å². The second kappa shape index (κ2) is 15.6. The summed E-state index contributed by atoms with van der Waals surface area (Å²) < 4.78 is 7.49. The third-order valence-electron chi connectivity index (χ3n) is 8.32. The molecule has 2 aromatic carbocycles. The van der Waals surface area contributed by atoms with Crippen molar-refractivity contribution in [1.82, 2.24) is 40.6 Å². The van der Waals surface area contributed by atoms with Crippen LogP contribution >= 0.6 is 0 Å². The summed E-state index contributed by atoms with van der Waals surface area (Å²) in [5.41, 5.74) is 5.61. The first-order chi connectivity index (χ1) is 24.3. The van der Waals surface area contributed by atoms with Crippen LogP contribution in [0.15, 0.2) is 73.2 Å². The topological polar surface area (TPSA) is 201 Å². The summed E-state index contributed by atoms with van der Waals surface area (Å²) in [6.45, 7) is 3.15. The molecule has 4 aromatic rings. The Labute approximate surface area is 286 Å². The molecule has 0 spiro atoms. The molecule has 4 N–H and O–H groups in total. The number of rotatable bonds is 15. The number of ether oxygens (including phenoxy) is 1. The number of hydrogen-bond acceptors (Lipinski definition) is 12. The molecule has 0 radical (unpaired) electrons. The predicted molar refractivity (Wildman–Crippen MR) is 175 cm³/mol. The fourth-order valence-electron chi connectivity index (χ4n) is 5.93. The lowest BCUT2D eigenvalue weighted by molar-refractivity contribution is -0.136. The van der Waals surface area contributed by atoms with E-state index in [1.54, 1.807) is 46.7 Å². The Balaban J connectivity index is 0.987. The number of carbonyl (C=O) groups excluding carboxylic acids is 5. The van der Waals surface area contributed by atoms with E-state index in [2.05, 4.69) is 30.8 Å². The summed E-state index contributed by atoms with van der Waals surface area (Å²) >= 11 is 0. The van der Waals surface area contributed by atoms with Gasteiger partial charge in [0.2, 0.25) is 11.8 Å². The molecule has 258 valence electrons. The van der Waals surface area contributed by atoms with Crippen molar-refractivity contribution >= 4 is 35.2 Å². The van der Waals surface area contributed by atoms with Crippen molar-refractivity contribution in [3.8, 4) is 0 Å². The maximum absolute atomic E-state index is 13.3. The maximum atomic E-state index is 13.3. The molecule has 2 aliphatic heterocycles. The fraction of sp³-hybridized carbons (Fsp3) is 0.294. The quantitative estimate of drug-likeness (QED) is 0.0611. The van der Waals surface area contributed by atoms with Gasteiger partial charge in [0.1, 0.15) is 6.04 Å².